The van der Waals surface area contributed by atoms with Gasteiger partial charge in [-0.3, -0.25) is 4.72 Å². The molecule has 0 heterocycles. The van der Waals surface area contributed by atoms with E-state index in [0.29, 0.717) is 15.9 Å². The fraction of sp³-hybridized carbons (Fsp3) is 0.0769. The van der Waals surface area contributed by atoms with E-state index >= 15 is 0 Å². The number of nitrogens with one attached hydrogen (secondary N) is 1. The Kier molecular flexibility index (Phi) is 5.03. The number of ether oxygens (including phenoxy) is 1. The lowest BCUT2D eigenvalue weighted by Crippen LogP contribution is -2.13. The molecule has 8 heteroatoms. The summed E-state index contributed by atoms with van der Waals surface area (Å²) in [6.45, 7) is 0. The number of methoxy groups -OCH3 is 1. The first kappa shape index (κ1) is 16.4. The Hall–Kier alpha value is -0.950. The molecule has 0 unspecified atom stereocenters. The number of hydrogen-bond donors (Lipinski definition) is 1. The van der Waals surface area contributed by atoms with Crippen LogP contribution in [0.1, 0.15) is 0 Å². The van der Waals surface area contributed by atoms with Crippen molar-refractivity contribution in [2.45, 2.75) is 4.90 Å². The Labute approximate surface area is 141 Å². The van der Waals surface area contributed by atoms with Gasteiger partial charge in [-0.1, -0.05) is 39.1 Å². The molecule has 2 aromatic rings. The molecule has 0 aliphatic rings. The molecule has 0 saturated heterocycles. The van der Waals surface area contributed by atoms with Crippen LogP contribution in [-0.4, -0.2) is 15.5 Å². The van der Waals surface area contributed by atoms with E-state index in [9.17, 15) is 8.42 Å². The molecule has 0 aliphatic carbocycles. The third-order valence-electron chi connectivity index (χ3n) is 2.55. The number of anilines is 1. The minimum atomic E-state index is -3.83. The maximum Gasteiger partial charge on any atom is 0.262 e. The highest BCUT2D eigenvalue weighted by Gasteiger charge is 2.18. The van der Waals surface area contributed by atoms with E-state index in [0.717, 1.165) is 0 Å². The van der Waals surface area contributed by atoms with Crippen molar-refractivity contribution in [2.24, 2.45) is 0 Å². The summed E-state index contributed by atoms with van der Waals surface area (Å²) in [4.78, 5) is -0.0259. The number of sulfonamides is 1. The zero-order valence-corrected chi connectivity index (χ0v) is 14.6. The van der Waals surface area contributed by atoms with Gasteiger partial charge in [0, 0.05) is 14.5 Å². The zero-order valence-electron chi connectivity index (χ0n) is 10.7. The van der Waals surface area contributed by atoms with Crippen LogP contribution in [0.5, 0.6) is 5.75 Å². The van der Waals surface area contributed by atoms with E-state index in [1.165, 1.54) is 25.3 Å². The molecule has 0 bridgehead atoms. The van der Waals surface area contributed by atoms with Gasteiger partial charge in [0.05, 0.1) is 17.7 Å². The summed E-state index contributed by atoms with van der Waals surface area (Å²) >= 11 is 14.9. The molecule has 0 atom stereocenters. The Balaban J connectivity index is 2.44. The number of halogens is 3. The van der Waals surface area contributed by atoms with Gasteiger partial charge in [0.25, 0.3) is 10.0 Å². The maximum atomic E-state index is 12.4. The smallest absolute Gasteiger partial charge is 0.262 e. The SMILES string of the molecule is COc1ccc(Br)cc1NS(=O)(=O)c1cc(Cl)cc(Cl)c1. The van der Waals surface area contributed by atoms with Gasteiger partial charge < -0.3 is 4.74 Å². The first-order chi connectivity index (χ1) is 9.81. The van der Waals surface area contributed by atoms with E-state index in [1.54, 1.807) is 18.2 Å². The van der Waals surface area contributed by atoms with Crippen LogP contribution in [0, 0.1) is 0 Å². The van der Waals surface area contributed by atoms with Crippen LogP contribution < -0.4 is 9.46 Å². The quantitative estimate of drug-likeness (QED) is 0.803. The second-order valence-electron chi connectivity index (χ2n) is 4.06. The van der Waals surface area contributed by atoms with E-state index in [-0.39, 0.29) is 14.9 Å². The van der Waals surface area contributed by atoms with Gasteiger partial charge in [-0.2, -0.15) is 0 Å². The molecule has 0 radical (unpaired) electrons. The summed E-state index contributed by atoms with van der Waals surface area (Å²) in [5, 5.41) is 0.480. The molecule has 21 heavy (non-hydrogen) atoms. The summed E-state index contributed by atoms with van der Waals surface area (Å²) in [5.41, 5.74) is 0.308. The first-order valence-electron chi connectivity index (χ1n) is 5.64. The van der Waals surface area contributed by atoms with Gasteiger partial charge in [-0.25, -0.2) is 8.42 Å². The lowest BCUT2D eigenvalue weighted by atomic mass is 10.3. The number of benzene rings is 2. The number of rotatable bonds is 4. The molecule has 0 spiro atoms. The van der Waals surface area contributed by atoms with E-state index in [4.69, 9.17) is 27.9 Å². The van der Waals surface area contributed by atoms with Crippen LogP contribution in [0.2, 0.25) is 10.0 Å². The van der Waals surface area contributed by atoms with Crippen molar-refractivity contribution in [3.05, 3.63) is 50.9 Å². The van der Waals surface area contributed by atoms with Gasteiger partial charge >= 0.3 is 0 Å². The summed E-state index contributed by atoms with van der Waals surface area (Å²) in [7, 11) is -2.37. The van der Waals surface area contributed by atoms with Gasteiger partial charge in [-0.15, -0.1) is 0 Å². The van der Waals surface area contributed by atoms with Gasteiger partial charge in [0.15, 0.2) is 0 Å². The minimum absolute atomic E-state index is 0.0259. The Morgan fingerprint density at radius 1 is 1.10 bits per heavy atom. The lowest BCUT2D eigenvalue weighted by molar-refractivity contribution is 0.417. The van der Waals surface area contributed by atoms with Crippen molar-refractivity contribution in [1.82, 2.24) is 0 Å². The van der Waals surface area contributed by atoms with Gasteiger partial charge in [0.1, 0.15) is 5.75 Å². The molecule has 2 rings (SSSR count). The number of hydrogen-bond acceptors (Lipinski definition) is 3. The lowest BCUT2D eigenvalue weighted by Gasteiger charge is -2.12. The maximum absolute atomic E-state index is 12.4. The standard InChI is InChI=1S/C13H10BrCl2NO3S/c1-20-13-3-2-8(14)4-12(13)17-21(18,19)11-6-9(15)5-10(16)7-11/h2-7,17H,1H3. The molecular weight excluding hydrogens is 401 g/mol. The van der Waals surface area contributed by atoms with Crippen LogP contribution in [-0.2, 0) is 10.0 Å². The van der Waals surface area contributed by atoms with E-state index in [1.807, 2.05) is 0 Å². The summed E-state index contributed by atoms with van der Waals surface area (Å²) in [6.07, 6.45) is 0. The summed E-state index contributed by atoms with van der Waals surface area (Å²) < 4.78 is 33.1. The van der Waals surface area contributed by atoms with Gasteiger partial charge in [-0.05, 0) is 36.4 Å². The van der Waals surface area contributed by atoms with Crippen molar-refractivity contribution in [1.29, 1.82) is 0 Å². The Bertz CT molecular complexity index is 761. The highest BCUT2D eigenvalue weighted by atomic mass is 79.9. The van der Waals surface area contributed by atoms with Crippen molar-refractivity contribution >= 4 is 54.8 Å². The molecule has 0 amide bonds. The fourth-order valence-corrected chi connectivity index (χ4v) is 3.79. The molecule has 4 nitrogen and oxygen atoms in total. The van der Waals surface area contributed by atoms with Crippen molar-refractivity contribution < 1.29 is 13.2 Å². The fourth-order valence-electron chi connectivity index (χ4n) is 1.65. The predicted molar refractivity (Wildman–Crippen MR) is 88.0 cm³/mol. The minimum Gasteiger partial charge on any atom is -0.495 e. The van der Waals surface area contributed by atoms with Crippen molar-refractivity contribution in [2.75, 3.05) is 11.8 Å². The molecule has 112 valence electrons. The van der Waals surface area contributed by atoms with Gasteiger partial charge in [0.2, 0.25) is 0 Å². The summed E-state index contributed by atoms with van der Waals surface area (Å²) in [6, 6.07) is 9.09. The first-order valence-corrected chi connectivity index (χ1v) is 8.67. The molecule has 1 N–H and O–H groups in total. The molecule has 0 aliphatic heterocycles. The second-order valence-corrected chi connectivity index (χ2v) is 7.53. The monoisotopic (exact) mass is 409 g/mol. The Morgan fingerprint density at radius 3 is 2.29 bits per heavy atom. The van der Waals surface area contributed by atoms with Crippen LogP contribution in [0.3, 0.4) is 0 Å². The highest BCUT2D eigenvalue weighted by Crippen LogP contribution is 2.31. The topological polar surface area (TPSA) is 55.4 Å². The Morgan fingerprint density at radius 2 is 1.71 bits per heavy atom. The largest absolute Gasteiger partial charge is 0.495 e. The van der Waals surface area contributed by atoms with E-state index in [2.05, 4.69) is 20.7 Å². The van der Waals surface area contributed by atoms with Crippen LogP contribution in [0.15, 0.2) is 45.8 Å². The van der Waals surface area contributed by atoms with Crippen molar-refractivity contribution in [3.8, 4) is 5.75 Å². The molecule has 0 saturated carbocycles. The molecule has 0 fully saturated rings. The third kappa shape index (κ3) is 4.03. The van der Waals surface area contributed by atoms with Crippen LogP contribution >= 0.6 is 39.1 Å². The van der Waals surface area contributed by atoms with Crippen LogP contribution in [0.25, 0.3) is 0 Å². The third-order valence-corrected chi connectivity index (χ3v) is 4.83. The zero-order chi connectivity index (χ0) is 15.6. The molecular formula is C13H10BrCl2NO3S. The highest BCUT2D eigenvalue weighted by molar-refractivity contribution is 9.10. The molecule has 0 aromatic heterocycles. The average molecular weight is 411 g/mol. The second kappa shape index (κ2) is 6.44. The van der Waals surface area contributed by atoms with Crippen LogP contribution in [0.4, 0.5) is 5.69 Å². The predicted octanol–water partition coefficient (Wildman–Crippen LogP) is 4.57. The average Bonchev–Trinajstić information content (AvgIpc) is 2.37. The van der Waals surface area contributed by atoms with Crippen molar-refractivity contribution in [3.63, 3.8) is 0 Å². The normalized spacial score (nSPS) is 11.2. The van der Waals surface area contributed by atoms with E-state index < -0.39 is 10.0 Å². The molecule has 2 aromatic carbocycles. The summed E-state index contributed by atoms with van der Waals surface area (Å²) in [5.74, 6) is 0.398.